The van der Waals surface area contributed by atoms with Crippen molar-refractivity contribution in [2.24, 2.45) is 10.9 Å². The molecule has 4 aliphatic rings. The molecule has 2 aromatic rings. The van der Waals surface area contributed by atoms with Gasteiger partial charge in [-0.1, -0.05) is 61.3 Å². The quantitative estimate of drug-likeness (QED) is 0.367. The van der Waals surface area contributed by atoms with Crippen LogP contribution in [0.1, 0.15) is 57.7 Å². The lowest BCUT2D eigenvalue weighted by Crippen LogP contribution is -2.61. The maximum Gasteiger partial charge on any atom is 0.263 e. The van der Waals surface area contributed by atoms with Gasteiger partial charge in [-0.2, -0.15) is 0 Å². The van der Waals surface area contributed by atoms with Crippen LogP contribution in [0.3, 0.4) is 0 Å². The molecule has 43 heavy (non-hydrogen) atoms. The first-order chi connectivity index (χ1) is 20.4. The minimum Gasteiger partial charge on any atom is -0.338 e. The number of benzene rings is 2. The Balaban J connectivity index is 1.39. The SMILES string of the molecule is CC(C)C1=C(C(=O)N2[C@H](C)CC[C@H]2C(=O)N(C)C2CN(C)C2)SC2=N[C@@](C)(c3ccc(Cl)cc3)[C@@H](c3ccc(Cl)cc3)N21. The molecule has 0 saturated carbocycles. The Morgan fingerprint density at radius 1 is 1.02 bits per heavy atom. The molecule has 0 aromatic heterocycles. The van der Waals surface area contributed by atoms with Gasteiger partial charge in [0.25, 0.3) is 5.91 Å². The molecular weight excluding hydrogens is 601 g/mol. The van der Waals surface area contributed by atoms with E-state index in [1.807, 2.05) is 65.4 Å². The second-order valence-corrected chi connectivity index (χ2v) is 14.7. The summed E-state index contributed by atoms with van der Waals surface area (Å²) < 4.78 is 0. The number of amides is 2. The molecule has 0 N–H and O–H groups in total. The lowest BCUT2D eigenvalue weighted by Gasteiger charge is -2.43. The second kappa shape index (κ2) is 11.4. The zero-order valence-corrected chi connectivity index (χ0v) is 27.9. The largest absolute Gasteiger partial charge is 0.338 e. The number of amidine groups is 1. The molecule has 2 fully saturated rings. The van der Waals surface area contributed by atoms with E-state index in [2.05, 4.69) is 44.5 Å². The summed E-state index contributed by atoms with van der Waals surface area (Å²) >= 11 is 14.0. The standard InChI is InChI=1S/C33H39Cl2N5O2S/c1-19(2)27-28(31(42)39-20(3)7-16-26(39)30(41)38(6)25-17-37(5)18-25)43-32-36-33(4,22-10-14-24(35)15-11-22)29(40(27)32)21-8-12-23(34)13-9-21/h8-15,19-20,25-26,29H,7,16-18H2,1-6H3/t20-,26+,29-,33+/m1/s1. The molecule has 2 amide bonds. The average Bonchev–Trinajstić information content (AvgIpc) is 3.60. The fourth-order valence-corrected chi connectivity index (χ4v) is 8.68. The summed E-state index contributed by atoms with van der Waals surface area (Å²) in [6.45, 7) is 10.2. The molecule has 0 radical (unpaired) electrons. The number of likely N-dealkylation sites (tertiary alicyclic amines) is 2. The Hall–Kier alpha value is -2.52. The highest BCUT2D eigenvalue weighted by atomic mass is 35.5. The Morgan fingerprint density at radius 3 is 2.21 bits per heavy atom. The minimum absolute atomic E-state index is 0.0239. The van der Waals surface area contributed by atoms with Crippen molar-refractivity contribution in [3.63, 3.8) is 0 Å². The van der Waals surface area contributed by atoms with Gasteiger partial charge in [0.1, 0.15) is 16.5 Å². The van der Waals surface area contributed by atoms with Gasteiger partial charge in [-0.25, -0.2) is 4.99 Å². The zero-order chi connectivity index (χ0) is 30.8. The topological polar surface area (TPSA) is 59.5 Å². The van der Waals surface area contributed by atoms with Gasteiger partial charge in [-0.3, -0.25) is 9.59 Å². The van der Waals surface area contributed by atoms with Crippen LogP contribution in [-0.4, -0.2) is 81.9 Å². The van der Waals surface area contributed by atoms with E-state index in [0.717, 1.165) is 41.5 Å². The zero-order valence-electron chi connectivity index (χ0n) is 25.6. The van der Waals surface area contributed by atoms with E-state index in [-0.39, 0.29) is 35.9 Å². The van der Waals surface area contributed by atoms with Crippen LogP contribution in [0.15, 0.2) is 64.1 Å². The highest BCUT2D eigenvalue weighted by Crippen LogP contribution is 2.56. The molecular formula is C33H39Cl2N5O2S. The van der Waals surface area contributed by atoms with Crippen LogP contribution in [0, 0.1) is 5.92 Å². The number of carbonyl (C=O) groups excluding carboxylic acids is 2. The van der Waals surface area contributed by atoms with E-state index in [4.69, 9.17) is 28.2 Å². The Labute approximate surface area is 268 Å². The number of nitrogens with zero attached hydrogens (tertiary/aromatic N) is 5. The summed E-state index contributed by atoms with van der Waals surface area (Å²) in [5, 5.41) is 2.14. The first-order valence-corrected chi connectivity index (χ1v) is 16.6. The lowest BCUT2D eigenvalue weighted by atomic mass is 9.81. The number of likely N-dealkylation sites (N-methyl/N-ethyl adjacent to an activating group) is 2. The van der Waals surface area contributed by atoms with Crippen molar-refractivity contribution < 1.29 is 9.59 Å². The van der Waals surface area contributed by atoms with Gasteiger partial charge in [-0.05, 0) is 86.8 Å². The van der Waals surface area contributed by atoms with E-state index < -0.39 is 11.6 Å². The molecule has 7 nitrogen and oxygen atoms in total. The maximum absolute atomic E-state index is 14.6. The van der Waals surface area contributed by atoms with Crippen molar-refractivity contribution >= 4 is 51.9 Å². The van der Waals surface area contributed by atoms with Crippen molar-refractivity contribution in [3.8, 4) is 0 Å². The highest BCUT2D eigenvalue weighted by Gasteiger charge is 2.54. The van der Waals surface area contributed by atoms with Crippen LogP contribution >= 0.6 is 35.0 Å². The fourth-order valence-electron chi connectivity index (χ4n) is 7.08. The molecule has 4 heterocycles. The monoisotopic (exact) mass is 639 g/mol. The third-order valence-electron chi connectivity index (χ3n) is 9.49. The smallest absolute Gasteiger partial charge is 0.263 e. The molecule has 4 atom stereocenters. The van der Waals surface area contributed by atoms with Gasteiger partial charge in [0, 0.05) is 41.9 Å². The van der Waals surface area contributed by atoms with Crippen molar-refractivity contribution in [2.45, 2.75) is 70.2 Å². The first kappa shape index (κ1) is 30.5. The molecule has 0 spiro atoms. The van der Waals surface area contributed by atoms with Gasteiger partial charge < -0.3 is 19.6 Å². The number of allylic oxidation sites excluding steroid dienone is 1. The van der Waals surface area contributed by atoms with Gasteiger partial charge in [0.15, 0.2) is 5.17 Å². The van der Waals surface area contributed by atoms with E-state index in [1.165, 1.54) is 11.8 Å². The molecule has 10 heteroatoms. The molecule has 0 aliphatic carbocycles. The third-order valence-corrected chi connectivity index (χ3v) is 11.1. The minimum atomic E-state index is -0.631. The lowest BCUT2D eigenvalue weighted by molar-refractivity contribution is -0.145. The van der Waals surface area contributed by atoms with E-state index in [9.17, 15) is 9.59 Å². The molecule has 2 saturated heterocycles. The Kier molecular flexibility index (Phi) is 8.12. The van der Waals surface area contributed by atoms with Crippen molar-refractivity contribution in [1.29, 1.82) is 0 Å². The summed E-state index contributed by atoms with van der Waals surface area (Å²) in [7, 11) is 3.94. The van der Waals surface area contributed by atoms with E-state index >= 15 is 0 Å². The summed E-state index contributed by atoms with van der Waals surface area (Å²) in [5.74, 6) is 0.00999. The van der Waals surface area contributed by atoms with Crippen molar-refractivity contribution in [1.82, 2.24) is 19.6 Å². The van der Waals surface area contributed by atoms with Crippen LogP contribution in [-0.2, 0) is 15.1 Å². The number of aliphatic imine (C=N–C) groups is 1. The number of hydrogen-bond donors (Lipinski definition) is 0. The number of halogens is 2. The van der Waals surface area contributed by atoms with Crippen LogP contribution in [0.4, 0.5) is 0 Å². The van der Waals surface area contributed by atoms with Gasteiger partial charge in [0.05, 0.1) is 12.1 Å². The maximum atomic E-state index is 14.6. The van der Waals surface area contributed by atoms with Gasteiger partial charge >= 0.3 is 0 Å². The molecule has 6 rings (SSSR count). The predicted octanol–water partition coefficient (Wildman–Crippen LogP) is 6.39. The van der Waals surface area contributed by atoms with Gasteiger partial charge in [-0.15, -0.1) is 0 Å². The highest BCUT2D eigenvalue weighted by molar-refractivity contribution is 8.18. The number of hydrogen-bond acceptors (Lipinski definition) is 6. The number of rotatable bonds is 6. The van der Waals surface area contributed by atoms with Crippen LogP contribution in [0.25, 0.3) is 0 Å². The van der Waals surface area contributed by atoms with Crippen LogP contribution in [0.2, 0.25) is 10.0 Å². The molecule has 4 aliphatic heterocycles. The predicted molar refractivity (Wildman–Crippen MR) is 175 cm³/mol. The van der Waals surface area contributed by atoms with Crippen molar-refractivity contribution in [3.05, 3.63) is 80.3 Å². The summed E-state index contributed by atoms with van der Waals surface area (Å²) in [6, 6.07) is 15.3. The van der Waals surface area contributed by atoms with Gasteiger partial charge in [0.2, 0.25) is 5.91 Å². The van der Waals surface area contributed by atoms with Crippen LogP contribution < -0.4 is 0 Å². The van der Waals surface area contributed by atoms with E-state index in [0.29, 0.717) is 21.4 Å². The number of fused-ring (bicyclic) bond motifs is 1. The summed E-state index contributed by atoms with van der Waals surface area (Å²) in [4.78, 5) is 42.5. The fraction of sp³-hybridized carbons (Fsp3) is 0.485. The average molecular weight is 641 g/mol. The molecule has 2 aromatic carbocycles. The molecule has 0 bridgehead atoms. The van der Waals surface area contributed by atoms with Crippen LogP contribution in [0.5, 0.6) is 0 Å². The third kappa shape index (κ3) is 5.18. The Morgan fingerprint density at radius 2 is 1.63 bits per heavy atom. The summed E-state index contributed by atoms with van der Waals surface area (Å²) in [6.07, 6.45) is 1.49. The Bertz CT molecular complexity index is 1490. The number of thioether (sulfide) groups is 1. The second-order valence-electron chi connectivity index (χ2n) is 12.8. The van der Waals surface area contributed by atoms with E-state index in [1.54, 1.807) is 0 Å². The summed E-state index contributed by atoms with van der Waals surface area (Å²) in [5.41, 5.74) is 2.42. The molecule has 0 unspecified atom stereocenters. The normalized spacial score (nSPS) is 27.6. The van der Waals surface area contributed by atoms with Crippen molar-refractivity contribution in [2.75, 3.05) is 27.2 Å². The first-order valence-electron chi connectivity index (χ1n) is 15.0. The number of carbonyl (C=O) groups is 2. The molecule has 228 valence electrons.